The van der Waals surface area contributed by atoms with Gasteiger partial charge in [-0.05, 0) is 35.7 Å². The van der Waals surface area contributed by atoms with Crippen LogP contribution in [-0.4, -0.2) is 22.2 Å². The molecule has 3 aromatic rings. The standard InChI is InChI=1S/C15H8O6/c16-13(17)7-1-3-9-10-4-2-8(14(18)19)6-12(10)21-15(20)11(9)5-7/h1-6H,(H,16,17)(H,18,19). The quantitative estimate of drug-likeness (QED) is 0.552. The van der Waals surface area contributed by atoms with Crippen LogP contribution < -0.4 is 5.63 Å². The van der Waals surface area contributed by atoms with Crippen molar-refractivity contribution in [3.05, 3.63) is 57.9 Å². The first kappa shape index (κ1) is 12.9. The first-order valence-electron chi connectivity index (χ1n) is 5.94. The van der Waals surface area contributed by atoms with E-state index >= 15 is 0 Å². The topological polar surface area (TPSA) is 105 Å². The van der Waals surface area contributed by atoms with Crippen LogP contribution in [0.15, 0.2) is 45.6 Å². The van der Waals surface area contributed by atoms with Crippen LogP contribution in [0.3, 0.4) is 0 Å². The Balaban J connectivity index is 2.41. The SMILES string of the molecule is O=C(O)c1ccc2c(c1)oc(=O)c1cc(C(=O)O)ccc12. The van der Waals surface area contributed by atoms with E-state index in [4.69, 9.17) is 14.6 Å². The normalized spacial score (nSPS) is 10.9. The molecule has 0 saturated carbocycles. The van der Waals surface area contributed by atoms with Crippen LogP contribution in [0.5, 0.6) is 0 Å². The fourth-order valence-corrected chi connectivity index (χ4v) is 2.20. The summed E-state index contributed by atoms with van der Waals surface area (Å²) in [5, 5.41) is 19.1. The lowest BCUT2D eigenvalue weighted by Gasteiger charge is -2.04. The minimum Gasteiger partial charge on any atom is -0.478 e. The van der Waals surface area contributed by atoms with Crippen molar-refractivity contribution >= 4 is 33.7 Å². The van der Waals surface area contributed by atoms with Gasteiger partial charge in [-0.1, -0.05) is 6.07 Å². The van der Waals surface area contributed by atoms with Gasteiger partial charge in [0.25, 0.3) is 0 Å². The molecule has 0 amide bonds. The molecule has 6 heteroatoms. The van der Waals surface area contributed by atoms with Crippen LogP contribution in [0.2, 0.25) is 0 Å². The molecule has 0 bridgehead atoms. The second kappa shape index (κ2) is 4.45. The van der Waals surface area contributed by atoms with Crippen molar-refractivity contribution in [1.29, 1.82) is 0 Å². The molecule has 2 N–H and O–H groups in total. The van der Waals surface area contributed by atoms with E-state index in [1.54, 1.807) is 0 Å². The Morgan fingerprint density at radius 2 is 1.38 bits per heavy atom. The van der Waals surface area contributed by atoms with Gasteiger partial charge in [0, 0.05) is 5.39 Å². The molecule has 0 aliphatic heterocycles. The lowest BCUT2D eigenvalue weighted by atomic mass is 10.0. The summed E-state index contributed by atoms with van der Waals surface area (Å²) in [4.78, 5) is 33.8. The van der Waals surface area contributed by atoms with Crippen LogP contribution in [0.1, 0.15) is 20.7 Å². The van der Waals surface area contributed by atoms with E-state index in [2.05, 4.69) is 0 Å². The zero-order valence-electron chi connectivity index (χ0n) is 10.5. The summed E-state index contributed by atoms with van der Waals surface area (Å²) >= 11 is 0. The van der Waals surface area contributed by atoms with Gasteiger partial charge in [-0.25, -0.2) is 14.4 Å². The molecule has 0 atom stereocenters. The summed E-state index contributed by atoms with van der Waals surface area (Å²) in [5.74, 6) is -2.27. The molecular weight excluding hydrogens is 276 g/mol. The molecule has 0 unspecified atom stereocenters. The summed E-state index contributed by atoms with van der Waals surface area (Å²) in [6, 6.07) is 8.34. The number of hydrogen-bond acceptors (Lipinski definition) is 4. The first-order valence-corrected chi connectivity index (χ1v) is 5.94. The largest absolute Gasteiger partial charge is 0.478 e. The number of hydrogen-bond donors (Lipinski definition) is 2. The number of aromatic carboxylic acids is 2. The van der Waals surface area contributed by atoms with Gasteiger partial charge in [-0.3, -0.25) is 0 Å². The van der Waals surface area contributed by atoms with E-state index in [1.807, 2.05) is 0 Å². The molecule has 2 aromatic carbocycles. The van der Waals surface area contributed by atoms with Crippen molar-refractivity contribution in [2.75, 3.05) is 0 Å². The predicted octanol–water partition coefficient (Wildman–Crippen LogP) is 2.34. The third-order valence-corrected chi connectivity index (χ3v) is 3.21. The second-order valence-electron chi connectivity index (χ2n) is 4.47. The smallest absolute Gasteiger partial charge is 0.344 e. The summed E-state index contributed by atoms with van der Waals surface area (Å²) in [6.45, 7) is 0. The summed E-state index contributed by atoms with van der Waals surface area (Å²) in [7, 11) is 0. The highest BCUT2D eigenvalue weighted by Crippen LogP contribution is 2.24. The summed E-state index contributed by atoms with van der Waals surface area (Å²) in [5.41, 5.74) is -0.568. The maximum Gasteiger partial charge on any atom is 0.344 e. The van der Waals surface area contributed by atoms with Crippen molar-refractivity contribution in [2.45, 2.75) is 0 Å². The fourth-order valence-electron chi connectivity index (χ4n) is 2.20. The van der Waals surface area contributed by atoms with Crippen LogP contribution in [0.25, 0.3) is 21.7 Å². The lowest BCUT2D eigenvalue weighted by molar-refractivity contribution is 0.0686. The van der Waals surface area contributed by atoms with Crippen molar-refractivity contribution in [2.24, 2.45) is 0 Å². The highest BCUT2D eigenvalue weighted by molar-refractivity contribution is 6.07. The summed E-state index contributed by atoms with van der Waals surface area (Å²) < 4.78 is 5.09. The Labute approximate surface area is 116 Å². The molecule has 1 heterocycles. The zero-order chi connectivity index (χ0) is 15.1. The van der Waals surface area contributed by atoms with Crippen molar-refractivity contribution < 1.29 is 24.2 Å². The summed E-state index contributed by atoms with van der Waals surface area (Å²) in [6.07, 6.45) is 0. The Morgan fingerprint density at radius 1 is 0.810 bits per heavy atom. The van der Waals surface area contributed by atoms with Crippen molar-refractivity contribution in [3.63, 3.8) is 0 Å². The van der Waals surface area contributed by atoms with E-state index in [-0.39, 0.29) is 22.1 Å². The van der Waals surface area contributed by atoms with Gasteiger partial charge in [0.1, 0.15) is 5.58 Å². The molecule has 104 valence electrons. The van der Waals surface area contributed by atoms with Crippen molar-refractivity contribution in [3.8, 4) is 0 Å². The van der Waals surface area contributed by atoms with Gasteiger partial charge in [0.2, 0.25) is 0 Å². The number of fused-ring (bicyclic) bond motifs is 3. The lowest BCUT2D eigenvalue weighted by Crippen LogP contribution is -2.04. The highest BCUT2D eigenvalue weighted by Gasteiger charge is 2.12. The molecule has 0 fully saturated rings. The Kier molecular flexibility index (Phi) is 2.72. The maximum absolute atomic E-state index is 11.9. The van der Waals surface area contributed by atoms with E-state index in [9.17, 15) is 14.4 Å². The molecule has 21 heavy (non-hydrogen) atoms. The maximum atomic E-state index is 11.9. The minimum atomic E-state index is -1.14. The molecule has 1 aromatic heterocycles. The molecule has 6 nitrogen and oxygen atoms in total. The van der Waals surface area contributed by atoms with Gasteiger partial charge >= 0.3 is 17.6 Å². The van der Waals surface area contributed by atoms with E-state index in [0.29, 0.717) is 10.8 Å². The second-order valence-corrected chi connectivity index (χ2v) is 4.47. The predicted molar refractivity (Wildman–Crippen MR) is 73.9 cm³/mol. The molecule has 0 aliphatic carbocycles. The molecule has 0 radical (unpaired) electrons. The zero-order valence-corrected chi connectivity index (χ0v) is 10.5. The third-order valence-electron chi connectivity index (χ3n) is 3.21. The third kappa shape index (κ3) is 2.02. The first-order chi connectivity index (χ1) is 9.97. The fraction of sp³-hybridized carbons (Fsp3) is 0. The van der Waals surface area contributed by atoms with Crippen LogP contribution >= 0.6 is 0 Å². The average Bonchev–Trinajstić information content (AvgIpc) is 2.46. The van der Waals surface area contributed by atoms with E-state index in [0.717, 1.165) is 0 Å². The number of benzene rings is 2. The highest BCUT2D eigenvalue weighted by atomic mass is 16.4. The Morgan fingerprint density at radius 3 is 2.00 bits per heavy atom. The van der Waals surface area contributed by atoms with Crippen LogP contribution in [0, 0.1) is 0 Å². The minimum absolute atomic E-state index is 0.00663. The number of carbonyl (C=O) groups is 2. The van der Waals surface area contributed by atoms with Crippen LogP contribution in [0.4, 0.5) is 0 Å². The molecule has 3 rings (SSSR count). The van der Waals surface area contributed by atoms with Gasteiger partial charge in [0.05, 0.1) is 16.5 Å². The Bertz CT molecular complexity index is 967. The molecule has 0 spiro atoms. The van der Waals surface area contributed by atoms with Gasteiger partial charge < -0.3 is 14.6 Å². The van der Waals surface area contributed by atoms with Gasteiger partial charge in [-0.15, -0.1) is 0 Å². The number of carboxylic acids is 2. The average molecular weight is 284 g/mol. The number of carboxylic acid groups (broad SMARTS) is 2. The van der Waals surface area contributed by atoms with E-state index in [1.165, 1.54) is 36.4 Å². The van der Waals surface area contributed by atoms with Crippen molar-refractivity contribution in [1.82, 2.24) is 0 Å². The number of rotatable bonds is 2. The molecule has 0 saturated heterocycles. The van der Waals surface area contributed by atoms with Crippen LogP contribution in [-0.2, 0) is 0 Å². The molecule has 0 aliphatic rings. The molecular formula is C15H8O6. The van der Waals surface area contributed by atoms with Gasteiger partial charge in [-0.2, -0.15) is 0 Å². The Hall–Kier alpha value is -3.15. The van der Waals surface area contributed by atoms with E-state index < -0.39 is 17.6 Å². The van der Waals surface area contributed by atoms with Gasteiger partial charge in [0.15, 0.2) is 0 Å². The monoisotopic (exact) mass is 284 g/mol.